The zero-order chi connectivity index (χ0) is 15.8. The van der Waals surface area contributed by atoms with Crippen LogP contribution in [0.3, 0.4) is 0 Å². The third-order valence-corrected chi connectivity index (χ3v) is 5.95. The molecule has 1 aromatic heterocycles. The molecule has 0 aliphatic heterocycles. The zero-order valence-corrected chi connectivity index (χ0v) is 12.9. The topological polar surface area (TPSA) is 83.5 Å². The van der Waals surface area contributed by atoms with E-state index < -0.39 is 21.8 Å². The van der Waals surface area contributed by atoms with Gasteiger partial charge in [0, 0.05) is 0 Å². The fourth-order valence-electron chi connectivity index (χ4n) is 1.49. The predicted octanol–water partition coefficient (Wildman–Crippen LogP) is 3.35. The van der Waals surface area contributed by atoms with Gasteiger partial charge in [-0.3, -0.25) is 4.72 Å². The first-order chi connectivity index (χ1) is 9.70. The van der Waals surface area contributed by atoms with Crippen LogP contribution in [-0.2, 0) is 10.0 Å². The largest absolute Gasteiger partial charge is 0.478 e. The number of carboxylic acids is 1. The van der Waals surface area contributed by atoms with Crippen molar-refractivity contribution in [1.82, 2.24) is 0 Å². The van der Waals surface area contributed by atoms with Crippen LogP contribution in [-0.4, -0.2) is 19.5 Å². The van der Waals surface area contributed by atoms with E-state index in [0.717, 1.165) is 29.5 Å². The maximum Gasteiger partial charge on any atom is 0.335 e. The Bertz CT molecular complexity index is 797. The van der Waals surface area contributed by atoms with E-state index in [0.29, 0.717) is 9.90 Å². The highest BCUT2D eigenvalue weighted by atomic mass is 35.5. The lowest BCUT2D eigenvalue weighted by atomic mass is 10.2. The fraction of sp³-hybridized carbons (Fsp3) is 0.0833. The Morgan fingerprint density at radius 1 is 1.38 bits per heavy atom. The van der Waals surface area contributed by atoms with Gasteiger partial charge in [-0.15, -0.1) is 11.3 Å². The number of aryl methyl sites for hydroxylation is 1. The number of benzene rings is 1. The molecule has 1 aromatic carbocycles. The maximum atomic E-state index is 13.7. The number of anilines is 1. The Labute approximate surface area is 129 Å². The molecule has 0 aliphatic rings. The second-order valence-electron chi connectivity index (χ2n) is 4.13. The summed E-state index contributed by atoms with van der Waals surface area (Å²) in [4.78, 5) is 10.7. The molecule has 2 N–H and O–H groups in total. The van der Waals surface area contributed by atoms with Gasteiger partial charge in [-0.25, -0.2) is 17.6 Å². The van der Waals surface area contributed by atoms with Gasteiger partial charge in [-0.1, -0.05) is 11.6 Å². The molecule has 2 aromatic rings. The first kappa shape index (κ1) is 15.7. The average molecular weight is 350 g/mol. The lowest BCUT2D eigenvalue weighted by Crippen LogP contribution is -2.13. The molecule has 0 fully saturated rings. The monoisotopic (exact) mass is 349 g/mol. The average Bonchev–Trinajstić information content (AvgIpc) is 2.72. The summed E-state index contributed by atoms with van der Waals surface area (Å²) in [6.45, 7) is 1.65. The SMILES string of the molecule is Cc1cc(S(=O)(=O)Nc2ccc(C(=O)O)cc2F)sc1Cl. The molecule has 0 aliphatic carbocycles. The highest BCUT2D eigenvalue weighted by Gasteiger charge is 2.20. The van der Waals surface area contributed by atoms with Gasteiger partial charge in [0.2, 0.25) is 0 Å². The fourth-order valence-corrected chi connectivity index (χ4v) is 4.26. The van der Waals surface area contributed by atoms with Crippen molar-refractivity contribution in [3.8, 4) is 0 Å². The molecule has 0 spiro atoms. The molecule has 1 heterocycles. The number of halogens is 2. The highest BCUT2D eigenvalue weighted by Crippen LogP contribution is 2.31. The van der Waals surface area contributed by atoms with Crippen LogP contribution in [0, 0.1) is 12.7 Å². The van der Waals surface area contributed by atoms with Gasteiger partial charge in [0.1, 0.15) is 10.0 Å². The first-order valence-electron chi connectivity index (χ1n) is 5.52. The number of carboxylic acid groups (broad SMARTS) is 1. The van der Waals surface area contributed by atoms with E-state index >= 15 is 0 Å². The van der Waals surface area contributed by atoms with E-state index in [1.807, 2.05) is 0 Å². The molecule has 21 heavy (non-hydrogen) atoms. The molecule has 0 radical (unpaired) electrons. The number of hydrogen-bond donors (Lipinski definition) is 2. The van der Waals surface area contributed by atoms with Crippen molar-refractivity contribution in [3.63, 3.8) is 0 Å². The Morgan fingerprint density at radius 2 is 2.05 bits per heavy atom. The van der Waals surface area contributed by atoms with Gasteiger partial charge in [-0.2, -0.15) is 0 Å². The van der Waals surface area contributed by atoms with Gasteiger partial charge in [-0.05, 0) is 36.8 Å². The molecule has 5 nitrogen and oxygen atoms in total. The van der Waals surface area contributed by atoms with E-state index in [1.165, 1.54) is 6.07 Å². The normalized spacial score (nSPS) is 11.4. The van der Waals surface area contributed by atoms with E-state index in [4.69, 9.17) is 16.7 Å². The molecular formula is C12H9ClFNO4S2. The second kappa shape index (κ2) is 5.63. The molecule has 0 saturated heterocycles. The minimum Gasteiger partial charge on any atom is -0.478 e. The summed E-state index contributed by atoms with van der Waals surface area (Å²) in [6, 6.07) is 4.28. The van der Waals surface area contributed by atoms with Gasteiger partial charge >= 0.3 is 5.97 Å². The molecule has 2 rings (SSSR count). The van der Waals surface area contributed by atoms with Crippen molar-refractivity contribution in [2.45, 2.75) is 11.1 Å². The van der Waals surface area contributed by atoms with Crippen LogP contribution in [0.5, 0.6) is 0 Å². The Kier molecular flexibility index (Phi) is 4.22. The smallest absolute Gasteiger partial charge is 0.335 e. The van der Waals surface area contributed by atoms with Gasteiger partial charge in [0.25, 0.3) is 10.0 Å². The Morgan fingerprint density at radius 3 is 2.52 bits per heavy atom. The Balaban J connectivity index is 2.35. The van der Waals surface area contributed by atoms with Crippen molar-refractivity contribution in [2.75, 3.05) is 4.72 Å². The first-order valence-corrected chi connectivity index (χ1v) is 8.20. The van der Waals surface area contributed by atoms with Crippen LogP contribution in [0.25, 0.3) is 0 Å². The van der Waals surface area contributed by atoms with Gasteiger partial charge in [0.05, 0.1) is 15.6 Å². The summed E-state index contributed by atoms with van der Waals surface area (Å²) >= 11 is 6.67. The molecule has 9 heteroatoms. The number of nitrogens with one attached hydrogen (secondary N) is 1. The number of thiophene rings is 1. The number of carbonyl (C=O) groups is 1. The summed E-state index contributed by atoms with van der Waals surface area (Å²) in [5, 5.41) is 8.73. The van der Waals surface area contributed by atoms with Gasteiger partial charge in [0.15, 0.2) is 0 Å². The summed E-state index contributed by atoms with van der Waals surface area (Å²) in [5.74, 6) is -2.28. The van der Waals surface area contributed by atoms with E-state index in [-0.39, 0.29) is 15.5 Å². The van der Waals surface area contributed by atoms with E-state index in [1.54, 1.807) is 6.92 Å². The molecular weight excluding hydrogens is 341 g/mol. The van der Waals surface area contributed by atoms with Crippen LogP contribution < -0.4 is 4.72 Å². The second-order valence-corrected chi connectivity index (χ2v) is 7.69. The third kappa shape index (κ3) is 3.34. The van der Waals surface area contributed by atoms with Crippen molar-refractivity contribution in [1.29, 1.82) is 0 Å². The Hall–Kier alpha value is -1.64. The van der Waals surface area contributed by atoms with Crippen molar-refractivity contribution >= 4 is 44.6 Å². The summed E-state index contributed by atoms with van der Waals surface area (Å²) < 4.78 is 40.3. The zero-order valence-electron chi connectivity index (χ0n) is 10.6. The molecule has 0 saturated carbocycles. The number of hydrogen-bond acceptors (Lipinski definition) is 4. The third-order valence-electron chi connectivity index (χ3n) is 2.56. The minimum absolute atomic E-state index is 0.0493. The standard InChI is InChI=1S/C12H9ClFNO4S2/c1-6-4-10(20-11(6)13)21(18,19)15-9-3-2-7(12(16)17)5-8(9)14/h2-5,15H,1H3,(H,16,17). The molecule has 0 bridgehead atoms. The maximum absolute atomic E-state index is 13.7. The summed E-state index contributed by atoms with van der Waals surface area (Å²) in [6.07, 6.45) is 0. The lowest BCUT2D eigenvalue weighted by Gasteiger charge is -2.07. The lowest BCUT2D eigenvalue weighted by molar-refractivity contribution is 0.0696. The highest BCUT2D eigenvalue weighted by molar-refractivity contribution is 7.94. The molecule has 0 amide bonds. The van der Waals surface area contributed by atoms with Crippen LogP contribution in [0.4, 0.5) is 10.1 Å². The van der Waals surface area contributed by atoms with Crippen molar-refractivity contribution in [3.05, 3.63) is 45.5 Å². The van der Waals surface area contributed by atoms with Crippen LogP contribution >= 0.6 is 22.9 Å². The summed E-state index contributed by atoms with van der Waals surface area (Å²) in [5.41, 5.74) is -0.00336. The number of aromatic carboxylic acids is 1. The molecule has 112 valence electrons. The molecule has 0 unspecified atom stereocenters. The minimum atomic E-state index is -3.97. The van der Waals surface area contributed by atoms with Crippen LogP contribution in [0.1, 0.15) is 15.9 Å². The van der Waals surface area contributed by atoms with Crippen LogP contribution in [0.15, 0.2) is 28.5 Å². The molecule has 0 atom stereocenters. The predicted molar refractivity (Wildman–Crippen MR) is 78.2 cm³/mol. The van der Waals surface area contributed by atoms with Crippen molar-refractivity contribution < 1.29 is 22.7 Å². The number of rotatable bonds is 4. The van der Waals surface area contributed by atoms with Gasteiger partial charge < -0.3 is 5.11 Å². The van der Waals surface area contributed by atoms with Crippen LogP contribution in [0.2, 0.25) is 4.34 Å². The van der Waals surface area contributed by atoms with Crippen molar-refractivity contribution in [2.24, 2.45) is 0 Å². The number of sulfonamides is 1. The quantitative estimate of drug-likeness (QED) is 0.886. The van der Waals surface area contributed by atoms with E-state index in [9.17, 15) is 17.6 Å². The van der Waals surface area contributed by atoms with E-state index in [2.05, 4.69) is 4.72 Å². The summed E-state index contributed by atoms with van der Waals surface area (Å²) in [7, 11) is -3.97.